The maximum Gasteiger partial charge on any atom is 0.310 e. The predicted octanol–water partition coefficient (Wildman–Crippen LogP) is 1.14. The van der Waals surface area contributed by atoms with Crippen molar-refractivity contribution in [3.8, 4) is 0 Å². The topological polar surface area (TPSA) is 78.4 Å². The normalized spacial score (nSPS) is 17.4. The Hall–Kier alpha value is -1.10. The van der Waals surface area contributed by atoms with Crippen LogP contribution in [-0.4, -0.2) is 36.1 Å². The maximum atomic E-state index is 12.0. The summed E-state index contributed by atoms with van der Waals surface area (Å²) in [6, 6.07) is 0.193. The van der Waals surface area contributed by atoms with Gasteiger partial charge >= 0.3 is 5.97 Å². The van der Waals surface area contributed by atoms with Crippen LogP contribution in [0.1, 0.15) is 46.0 Å². The number of hydrogen-bond donors (Lipinski definition) is 3. The summed E-state index contributed by atoms with van der Waals surface area (Å²) in [7, 11) is 0. The van der Waals surface area contributed by atoms with Crippen molar-refractivity contribution >= 4 is 11.9 Å². The molecule has 0 bridgehead atoms. The number of amides is 1. The first-order chi connectivity index (χ1) is 8.54. The monoisotopic (exact) mass is 256 g/mol. The van der Waals surface area contributed by atoms with E-state index < -0.39 is 11.4 Å². The quantitative estimate of drug-likeness (QED) is 0.666. The molecule has 1 saturated heterocycles. The Labute approximate surface area is 108 Å². The second kappa shape index (κ2) is 6.73. The highest BCUT2D eigenvalue weighted by molar-refractivity contribution is 5.85. The van der Waals surface area contributed by atoms with E-state index in [0.717, 1.165) is 25.9 Å². The number of piperidine rings is 1. The molecule has 104 valence electrons. The summed E-state index contributed by atoms with van der Waals surface area (Å²) >= 11 is 0. The van der Waals surface area contributed by atoms with Crippen molar-refractivity contribution in [1.82, 2.24) is 10.6 Å². The summed E-state index contributed by atoms with van der Waals surface area (Å²) < 4.78 is 0. The van der Waals surface area contributed by atoms with Gasteiger partial charge in [0, 0.05) is 12.5 Å². The first-order valence-electron chi connectivity index (χ1n) is 6.77. The van der Waals surface area contributed by atoms with Crippen LogP contribution in [0.15, 0.2) is 0 Å². The van der Waals surface area contributed by atoms with Crippen LogP contribution in [0.5, 0.6) is 0 Å². The van der Waals surface area contributed by atoms with Crippen molar-refractivity contribution in [2.75, 3.05) is 13.1 Å². The molecule has 1 fully saturated rings. The Morgan fingerprint density at radius 1 is 1.28 bits per heavy atom. The van der Waals surface area contributed by atoms with Crippen molar-refractivity contribution < 1.29 is 14.7 Å². The molecule has 0 atom stereocenters. The SMILES string of the molecule is CCC(CC)(CC(=O)NC1CCNCC1)C(=O)O. The highest BCUT2D eigenvalue weighted by Crippen LogP contribution is 2.31. The molecule has 0 saturated carbocycles. The van der Waals surface area contributed by atoms with Gasteiger partial charge in [-0.3, -0.25) is 9.59 Å². The first-order valence-corrected chi connectivity index (χ1v) is 6.77. The van der Waals surface area contributed by atoms with Gasteiger partial charge in [0.2, 0.25) is 5.91 Å². The standard InChI is InChI=1S/C13H24N2O3/c1-3-13(4-2,12(17)18)9-11(16)15-10-5-7-14-8-6-10/h10,14H,3-9H2,1-2H3,(H,15,16)(H,17,18). The minimum atomic E-state index is -0.906. The van der Waals surface area contributed by atoms with Gasteiger partial charge in [-0.1, -0.05) is 13.8 Å². The third-order valence-corrected chi connectivity index (χ3v) is 4.01. The molecule has 0 radical (unpaired) electrons. The van der Waals surface area contributed by atoms with Gasteiger partial charge in [0.1, 0.15) is 0 Å². The number of aliphatic carboxylic acids is 1. The molecule has 0 aromatic rings. The van der Waals surface area contributed by atoms with E-state index in [1.54, 1.807) is 0 Å². The van der Waals surface area contributed by atoms with E-state index in [9.17, 15) is 14.7 Å². The predicted molar refractivity (Wildman–Crippen MR) is 69.3 cm³/mol. The molecule has 0 unspecified atom stereocenters. The lowest BCUT2D eigenvalue weighted by molar-refractivity contribution is -0.152. The van der Waals surface area contributed by atoms with Crippen LogP contribution in [0, 0.1) is 5.41 Å². The van der Waals surface area contributed by atoms with Gasteiger partial charge in [0.05, 0.1) is 5.41 Å². The van der Waals surface area contributed by atoms with Crippen LogP contribution in [0.4, 0.5) is 0 Å². The minimum Gasteiger partial charge on any atom is -0.481 e. The van der Waals surface area contributed by atoms with E-state index in [1.807, 2.05) is 13.8 Å². The van der Waals surface area contributed by atoms with E-state index in [4.69, 9.17) is 0 Å². The van der Waals surface area contributed by atoms with E-state index in [1.165, 1.54) is 0 Å². The van der Waals surface area contributed by atoms with Crippen LogP contribution in [0.25, 0.3) is 0 Å². The summed E-state index contributed by atoms with van der Waals surface area (Å²) in [5.74, 6) is -0.999. The Morgan fingerprint density at radius 2 is 1.83 bits per heavy atom. The second-order valence-corrected chi connectivity index (χ2v) is 5.06. The molecule has 0 aromatic carbocycles. The smallest absolute Gasteiger partial charge is 0.310 e. The summed E-state index contributed by atoms with van der Waals surface area (Å²) in [5, 5.41) is 15.5. The largest absolute Gasteiger partial charge is 0.481 e. The van der Waals surface area contributed by atoms with Crippen molar-refractivity contribution in [2.24, 2.45) is 5.41 Å². The van der Waals surface area contributed by atoms with Crippen LogP contribution in [0.3, 0.4) is 0 Å². The van der Waals surface area contributed by atoms with Gasteiger partial charge in [0.25, 0.3) is 0 Å². The summed E-state index contributed by atoms with van der Waals surface area (Å²) in [5.41, 5.74) is -0.906. The Bertz CT molecular complexity index is 295. The molecule has 1 aliphatic heterocycles. The number of hydrogen-bond acceptors (Lipinski definition) is 3. The molecule has 3 N–H and O–H groups in total. The van der Waals surface area contributed by atoms with Crippen molar-refractivity contribution in [2.45, 2.75) is 52.0 Å². The zero-order valence-electron chi connectivity index (χ0n) is 11.3. The summed E-state index contributed by atoms with van der Waals surface area (Å²) in [6.45, 7) is 5.48. The Balaban J connectivity index is 2.53. The van der Waals surface area contributed by atoms with Crippen molar-refractivity contribution in [3.63, 3.8) is 0 Å². The molecule has 5 heteroatoms. The van der Waals surface area contributed by atoms with Gasteiger partial charge in [-0.15, -0.1) is 0 Å². The van der Waals surface area contributed by atoms with Crippen LogP contribution < -0.4 is 10.6 Å². The van der Waals surface area contributed by atoms with Crippen LogP contribution >= 0.6 is 0 Å². The molecular weight excluding hydrogens is 232 g/mol. The van der Waals surface area contributed by atoms with E-state index >= 15 is 0 Å². The molecule has 0 aromatic heterocycles. The molecule has 5 nitrogen and oxygen atoms in total. The van der Waals surface area contributed by atoms with Gasteiger partial charge in [-0.25, -0.2) is 0 Å². The summed E-state index contributed by atoms with van der Waals surface area (Å²) in [4.78, 5) is 23.3. The first kappa shape index (κ1) is 15.0. The van der Waals surface area contributed by atoms with Gasteiger partial charge in [0.15, 0.2) is 0 Å². The van der Waals surface area contributed by atoms with Crippen LogP contribution in [0.2, 0.25) is 0 Å². The number of carbonyl (C=O) groups is 2. The van der Waals surface area contributed by atoms with E-state index in [0.29, 0.717) is 12.8 Å². The molecule has 1 heterocycles. The minimum absolute atomic E-state index is 0.0826. The number of carboxylic acids is 1. The zero-order chi connectivity index (χ0) is 13.6. The number of nitrogens with one attached hydrogen (secondary N) is 2. The van der Waals surface area contributed by atoms with E-state index in [2.05, 4.69) is 10.6 Å². The highest BCUT2D eigenvalue weighted by Gasteiger charge is 2.37. The lowest BCUT2D eigenvalue weighted by Crippen LogP contribution is -2.45. The lowest BCUT2D eigenvalue weighted by Gasteiger charge is -2.28. The third-order valence-electron chi connectivity index (χ3n) is 4.01. The zero-order valence-corrected chi connectivity index (χ0v) is 11.3. The lowest BCUT2D eigenvalue weighted by atomic mass is 9.79. The van der Waals surface area contributed by atoms with Crippen molar-refractivity contribution in [3.05, 3.63) is 0 Å². The number of carbonyl (C=O) groups excluding carboxylic acids is 1. The fourth-order valence-electron chi connectivity index (χ4n) is 2.43. The molecule has 0 aliphatic carbocycles. The molecular formula is C13H24N2O3. The number of carboxylic acid groups (broad SMARTS) is 1. The van der Waals surface area contributed by atoms with Gasteiger partial charge < -0.3 is 15.7 Å². The maximum absolute atomic E-state index is 12.0. The van der Waals surface area contributed by atoms with Crippen molar-refractivity contribution in [1.29, 1.82) is 0 Å². The molecule has 1 rings (SSSR count). The fourth-order valence-corrected chi connectivity index (χ4v) is 2.43. The number of rotatable bonds is 6. The molecule has 1 amide bonds. The van der Waals surface area contributed by atoms with Crippen LogP contribution in [-0.2, 0) is 9.59 Å². The molecule has 0 spiro atoms. The highest BCUT2D eigenvalue weighted by atomic mass is 16.4. The van der Waals surface area contributed by atoms with E-state index in [-0.39, 0.29) is 18.4 Å². The Morgan fingerprint density at radius 3 is 2.28 bits per heavy atom. The van der Waals surface area contributed by atoms with Gasteiger partial charge in [-0.05, 0) is 38.8 Å². The van der Waals surface area contributed by atoms with Gasteiger partial charge in [-0.2, -0.15) is 0 Å². The molecule has 18 heavy (non-hydrogen) atoms. The Kier molecular flexibility index (Phi) is 5.59. The summed E-state index contributed by atoms with van der Waals surface area (Å²) in [6.07, 6.45) is 2.89. The molecule has 1 aliphatic rings. The fraction of sp³-hybridized carbons (Fsp3) is 0.846. The average Bonchev–Trinajstić information content (AvgIpc) is 2.37. The third kappa shape index (κ3) is 3.70. The second-order valence-electron chi connectivity index (χ2n) is 5.06. The average molecular weight is 256 g/mol.